The van der Waals surface area contributed by atoms with Crippen molar-refractivity contribution in [3.8, 4) is 5.75 Å². The molecular formula is C12H19BrClNO. The van der Waals surface area contributed by atoms with E-state index in [1.807, 2.05) is 24.3 Å². The van der Waals surface area contributed by atoms with Crippen LogP contribution in [0.5, 0.6) is 5.75 Å². The van der Waals surface area contributed by atoms with Gasteiger partial charge in [0.1, 0.15) is 12.4 Å². The summed E-state index contributed by atoms with van der Waals surface area (Å²) in [6.07, 6.45) is 0. The van der Waals surface area contributed by atoms with E-state index in [1.165, 1.54) is 0 Å². The minimum absolute atomic E-state index is 0. The largest absolute Gasteiger partial charge is 0.492 e. The van der Waals surface area contributed by atoms with E-state index in [2.05, 4.69) is 34.7 Å². The van der Waals surface area contributed by atoms with E-state index in [-0.39, 0.29) is 12.4 Å². The number of ether oxygens (including phenoxy) is 1. The van der Waals surface area contributed by atoms with Crippen LogP contribution in [-0.2, 0) is 0 Å². The van der Waals surface area contributed by atoms with Gasteiger partial charge in [0, 0.05) is 11.0 Å². The van der Waals surface area contributed by atoms with Gasteiger partial charge in [-0.25, -0.2) is 0 Å². The number of rotatable bonds is 6. The maximum atomic E-state index is 5.63. The first-order valence-corrected chi connectivity index (χ1v) is 6.16. The molecule has 0 radical (unpaired) electrons. The molecule has 1 aromatic carbocycles. The minimum Gasteiger partial charge on any atom is -0.492 e. The zero-order valence-corrected chi connectivity index (χ0v) is 12.2. The predicted octanol–water partition coefficient (Wildman–Crippen LogP) is 3.59. The molecule has 0 aliphatic heterocycles. The molecule has 0 N–H and O–H groups in total. The quantitative estimate of drug-likeness (QED) is 0.796. The second kappa shape index (κ2) is 8.85. The van der Waals surface area contributed by atoms with Crippen LogP contribution in [0.25, 0.3) is 0 Å². The Labute approximate surface area is 113 Å². The van der Waals surface area contributed by atoms with E-state index in [4.69, 9.17) is 4.74 Å². The van der Waals surface area contributed by atoms with Crippen LogP contribution in [0.3, 0.4) is 0 Å². The lowest BCUT2D eigenvalue weighted by atomic mass is 10.3. The third kappa shape index (κ3) is 5.73. The molecule has 0 heterocycles. The molecule has 0 amide bonds. The number of halogens is 2. The van der Waals surface area contributed by atoms with Gasteiger partial charge in [-0.15, -0.1) is 12.4 Å². The summed E-state index contributed by atoms with van der Waals surface area (Å²) in [4.78, 5) is 2.35. The lowest BCUT2D eigenvalue weighted by Gasteiger charge is -2.17. The molecular weight excluding hydrogens is 289 g/mol. The van der Waals surface area contributed by atoms with Gasteiger partial charge in [-0.3, -0.25) is 0 Å². The molecule has 0 saturated heterocycles. The molecule has 0 fully saturated rings. The van der Waals surface area contributed by atoms with Crippen molar-refractivity contribution in [3.05, 3.63) is 28.7 Å². The molecule has 0 atom stereocenters. The van der Waals surface area contributed by atoms with Gasteiger partial charge in [-0.1, -0.05) is 29.8 Å². The monoisotopic (exact) mass is 307 g/mol. The number of hydrogen-bond acceptors (Lipinski definition) is 2. The normalized spacial score (nSPS) is 10.0. The fourth-order valence-corrected chi connectivity index (χ4v) is 1.63. The Kier molecular flexibility index (Phi) is 8.71. The number of benzene rings is 1. The molecule has 0 bridgehead atoms. The highest BCUT2D eigenvalue weighted by atomic mass is 79.9. The third-order valence-electron chi connectivity index (χ3n) is 2.38. The first kappa shape index (κ1) is 15.8. The van der Waals surface area contributed by atoms with Crippen LogP contribution in [0.15, 0.2) is 28.7 Å². The number of hydrogen-bond donors (Lipinski definition) is 0. The molecule has 0 aromatic heterocycles. The number of nitrogens with zero attached hydrogens (tertiary/aromatic N) is 1. The molecule has 16 heavy (non-hydrogen) atoms. The molecule has 0 aliphatic carbocycles. The summed E-state index contributed by atoms with van der Waals surface area (Å²) >= 11 is 3.40. The predicted molar refractivity (Wildman–Crippen MR) is 74.7 cm³/mol. The Morgan fingerprint density at radius 3 is 2.19 bits per heavy atom. The molecule has 0 spiro atoms. The fraction of sp³-hybridized carbons (Fsp3) is 0.500. The van der Waals surface area contributed by atoms with Gasteiger partial charge in [0.15, 0.2) is 0 Å². The molecule has 1 aromatic rings. The Morgan fingerprint density at radius 2 is 1.69 bits per heavy atom. The zero-order valence-electron chi connectivity index (χ0n) is 9.78. The van der Waals surface area contributed by atoms with Crippen molar-refractivity contribution in [1.82, 2.24) is 4.90 Å². The van der Waals surface area contributed by atoms with Gasteiger partial charge in [0.05, 0.1) is 0 Å². The summed E-state index contributed by atoms with van der Waals surface area (Å²) in [6, 6.07) is 7.94. The van der Waals surface area contributed by atoms with Crippen LogP contribution in [0.2, 0.25) is 0 Å². The average Bonchev–Trinajstić information content (AvgIpc) is 2.27. The van der Waals surface area contributed by atoms with Gasteiger partial charge in [0.25, 0.3) is 0 Å². The van der Waals surface area contributed by atoms with Crippen LogP contribution in [0.4, 0.5) is 0 Å². The van der Waals surface area contributed by atoms with Crippen molar-refractivity contribution < 1.29 is 4.74 Å². The lowest BCUT2D eigenvalue weighted by molar-refractivity contribution is 0.223. The Morgan fingerprint density at radius 1 is 1.12 bits per heavy atom. The van der Waals surface area contributed by atoms with Crippen LogP contribution in [0.1, 0.15) is 13.8 Å². The van der Waals surface area contributed by atoms with Crippen molar-refractivity contribution in [2.75, 3.05) is 26.2 Å². The summed E-state index contributed by atoms with van der Waals surface area (Å²) in [5.74, 6) is 0.936. The van der Waals surface area contributed by atoms with E-state index in [9.17, 15) is 0 Å². The van der Waals surface area contributed by atoms with Gasteiger partial charge in [-0.2, -0.15) is 0 Å². The van der Waals surface area contributed by atoms with E-state index in [0.717, 1.165) is 36.5 Å². The molecule has 92 valence electrons. The van der Waals surface area contributed by atoms with Crippen molar-refractivity contribution in [3.63, 3.8) is 0 Å². The van der Waals surface area contributed by atoms with Gasteiger partial charge in [-0.05, 0) is 37.4 Å². The smallest absolute Gasteiger partial charge is 0.119 e. The summed E-state index contributed by atoms with van der Waals surface area (Å²) in [6.45, 7) is 8.25. The van der Waals surface area contributed by atoms with E-state index in [1.54, 1.807) is 0 Å². The first-order chi connectivity index (χ1) is 7.26. The topological polar surface area (TPSA) is 12.5 Å². The van der Waals surface area contributed by atoms with Gasteiger partial charge < -0.3 is 9.64 Å². The van der Waals surface area contributed by atoms with E-state index >= 15 is 0 Å². The Hall–Kier alpha value is -0.250. The van der Waals surface area contributed by atoms with Crippen molar-refractivity contribution >= 4 is 28.3 Å². The maximum Gasteiger partial charge on any atom is 0.119 e. The van der Waals surface area contributed by atoms with Gasteiger partial charge in [0.2, 0.25) is 0 Å². The van der Waals surface area contributed by atoms with Crippen molar-refractivity contribution in [2.24, 2.45) is 0 Å². The summed E-state index contributed by atoms with van der Waals surface area (Å²) in [5, 5.41) is 0. The van der Waals surface area contributed by atoms with Crippen molar-refractivity contribution in [2.45, 2.75) is 13.8 Å². The Balaban J connectivity index is 0.00000225. The van der Waals surface area contributed by atoms with E-state index in [0.29, 0.717) is 0 Å². The second-order valence-corrected chi connectivity index (χ2v) is 4.24. The van der Waals surface area contributed by atoms with Crippen LogP contribution < -0.4 is 4.74 Å². The third-order valence-corrected chi connectivity index (χ3v) is 2.91. The molecule has 4 heteroatoms. The SMILES string of the molecule is CCN(CC)CCOc1ccc(Br)cc1.Cl. The second-order valence-electron chi connectivity index (χ2n) is 3.33. The molecule has 0 saturated carbocycles. The maximum absolute atomic E-state index is 5.63. The van der Waals surface area contributed by atoms with Crippen LogP contribution >= 0.6 is 28.3 Å². The number of likely N-dealkylation sites (N-methyl/N-ethyl adjacent to an activating group) is 1. The zero-order chi connectivity index (χ0) is 11.1. The summed E-state index contributed by atoms with van der Waals surface area (Å²) < 4.78 is 6.71. The minimum atomic E-state index is 0. The molecule has 1 rings (SSSR count). The van der Waals surface area contributed by atoms with Gasteiger partial charge >= 0.3 is 0 Å². The highest BCUT2D eigenvalue weighted by molar-refractivity contribution is 9.10. The highest BCUT2D eigenvalue weighted by Crippen LogP contribution is 2.15. The molecule has 2 nitrogen and oxygen atoms in total. The molecule has 0 aliphatic rings. The lowest BCUT2D eigenvalue weighted by Crippen LogP contribution is -2.27. The van der Waals surface area contributed by atoms with Crippen molar-refractivity contribution in [1.29, 1.82) is 0 Å². The molecule has 0 unspecified atom stereocenters. The van der Waals surface area contributed by atoms with Crippen LogP contribution in [0, 0.1) is 0 Å². The Bertz CT molecular complexity index is 275. The standard InChI is InChI=1S/C12H18BrNO.ClH/c1-3-14(4-2)9-10-15-12-7-5-11(13)6-8-12;/h5-8H,3-4,9-10H2,1-2H3;1H. The fourth-order valence-electron chi connectivity index (χ4n) is 1.36. The van der Waals surface area contributed by atoms with E-state index < -0.39 is 0 Å². The average molecular weight is 309 g/mol. The highest BCUT2D eigenvalue weighted by Gasteiger charge is 1.99. The summed E-state index contributed by atoms with van der Waals surface area (Å²) in [5.41, 5.74) is 0. The summed E-state index contributed by atoms with van der Waals surface area (Å²) in [7, 11) is 0. The van der Waals surface area contributed by atoms with Crippen LogP contribution in [-0.4, -0.2) is 31.1 Å². The first-order valence-electron chi connectivity index (χ1n) is 5.37.